The molecule has 0 saturated carbocycles. The van der Waals surface area contributed by atoms with Crippen LogP contribution in [0.5, 0.6) is 0 Å². The van der Waals surface area contributed by atoms with E-state index in [0.29, 0.717) is 12.0 Å². The molecular formula is C13H20FNOS. The van der Waals surface area contributed by atoms with E-state index >= 15 is 0 Å². The van der Waals surface area contributed by atoms with Crippen molar-refractivity contribution >= 4 is 11.0 Å². The Morgan fingerprint density at radius 3 is 2.41 bits per heavy atom. The van der Waals surface area contributed by atoms with Crippen LogP contribution in [0.15, 0.2) is 24.3 Å². The van der Waals surface area contributed by atoms with Crippen LogP contribution in [-0.2, 0) is 11.0 Å². The zero-order chi connectivity index (χ0) is 13.1. The van der Waals surface area contributed by atoms with E-state index in [9.17, 15) is 8.60 Å². The van der Waals surface area contributed by atoms with Gasteiger partial charge in [0.2, 0.25) is 0 Å². The van der Waals surface area contributed by atoms with Crippen molar-refractivity contribution in [1.82, 2.24) is 4.72 Å². The van der Waals surface area contributed by atoms with Gasteiger partial charge in [-0.05, 0) is 33.3 Å². The van der Waals surface area contributed by atoms with Crippen LogP contribution in [0.25, 0.3) is 0 Å². The average molecular weight is 257 g/mol. The fourth-order valence-corrected chi connectivity index (χ4v) is 2.34. The monoisotopic (exact) mass is 257 g/mol. The van der Waals surface area contributed by atoms with Gasteiger partial charge >= 0.3 is 0 Å². The number of hydrogen-bond acceptors (Lipinski definition) is 1. The summed E-state index contributed by atoms with van der Waals surface area (Å²) in [5, 5.41) is 0. The second-order valence-corrected chi connectivity index (χ2v) is 6.98. The third-order valence-corrected chi connectivity index (χ3v) is 4.11. The fraction of sp³-hybridized carbons (Fsp3) is 0.538. The first-order valence-electron chi connectivity index (χ1n) is 5.78. The van der Waals surface area contributed by atoms with E-state index in [1.165, 1.54) is 6.07 Å². The highest BCUT2D eigenvalue weighted by Gasteiger charge is 2.23. The molecule has 2 atom stereocenters. The second kappa shape index (κ2) is 5.74. The van der Waals surface area contributed by atoms with E-state index in [4.69, 9.17) is 0 Å². The Hall–Kier alpha value is -0.740. The Morgan fingerprint density at radius 1 is 1.35 bits per heavy atom. The van der Waals surface area contributed by atoms with Crippen molar-refractivity contribution < 1.29 is 8.60 Å². The number of hydrogen-bond donors (Lipinski definition) is 1. The van der Waals surface area contributed by atoms with Gasteiger partial charge in [0.1, 0.15) is 5.82 Å². The summed E-state index contributed by atoms with van der Waals surface area (Å²) >= 11 is 0. The number of rotatable bonds is 4. The third-order valence-electron chi connectivity index (χ3n) is 2.49. The zero-order valence-corrected chi connectivity index (χ0v) is 11.6. The lowest BCUT2D eigenvalue weighted by Crippen LogP contribution is -2.35. The van der Waals surface area contributed by atoms with Gasteiger partial charge in [0, 0.05) is 11.6 Å². The van der Waals surface area contributed by atoms with E-state index < -0.39 is 11.0 Å². The fourth-order valence-electron chi connectivity index (χ4n) is 1.43. The van der Waals surface area contributed by atoms with Crippen LogP contribution in [0.4, 0.5) is 4.39 Å². The van der Waals surface area contributed by atoms with Crippen molar-refractivity contribution in [3.8, 4) is 0 Å². The molecule has 0 fully saturated rings. The molecule has 2 nitrogen and oxygen atoms in total. The summed E-state index contributed by atoms with van der Waals surface area (Å²) in [4.78, 5) is 0. The highest BCUT2D eigenvalue weighted by Crippen LogP contribution is 2.22. The Labute approximate surface area is 105 Å². The minimum Gasteiger partial charge on any atom is -0.242 e. The lowest BCUT2D eigenvalue weighted by molar-refractivity contribution is 0.545. The van der Waals surface area contributed by atoms with Crippen molar-refractivity contribution in [3.05, 3.63) is 35.6 Å². The average Bonchev–Trinajstić information content (AvgIpc) is 2.25. The molecule has 0 bridgehead atoms. The first kappa shape index (κ1) is 14.3. The molecule has 96 valence electrons. The Morgan fingerprint density at radius 2 is 1.94 bits per heavy atom. The van der Waals surface area contributed by atoms with E-state index in [2.05, 4.69) is 4.72 Å². The largest absolute Gasteiger partial charge is 0.242 e. The molecule has 4 heteroatoms. The summed E-state index contributed by atoms with van der Waals surface area (Å²) in [5.41, 5.74) is 0.576. The van der Waals surface area contributed by atoms with Crippen LogP contribution in [-0.4, -0.2) is 8.96 Å². The molecule has 0 amide bonds. The van der Waals surface area contributed by atoms with Gasteiger partial charge in [0.25, 0.3) is 0 Å². The Balaban J connectivity index is 2.87. The Bertz CT molecular complexity index is 401. The van der Waals surface area contributed by atoms with Crippen LogP contribution < -0.4 is 4.72 Å². The Kier molecular flexibility index (Phi) is 4.83. The molecule has 1 aromatic rings. The topological polar surface area (TPSA) is 29.1 Å². The lowest BCUT2D eigenvalue weighted by Gasteiger charge is -2.24. The van der Waals surface area contributed by atoms with Crippen LogP contribution in [0.2, 0.25) is 0 Å². The van der Waals surface area contributed by atoms with Crippen molar-refractivity contribution in [2.75, 3.05) is 0 Å². The van der Waals surface area contributed by atoms with Crippen molar-refractivity contribution in [2.45, 2.75) is 44.9 Å². The summed E-state index contributed by atoms with van der Waals surface area (Å²) in [6.45, 7) is 7.63. The maximum absolute atomic E-state index is 13.6. The van der Waals surface area contributed by atoms with Crippen LogP contribution in [0.1, 0.15) is 45.7 Å². The first-order valence-corrected chi connectivity index (χ1v) is 6.93. The smallest absolute Gasteiger partial charge is 0.128 e. The van der Waals surface area contributed by atoms with E-state index in [1.807, 2.05) is 27.7 Å². The normalized spacial score (nSPS) is 15.6. The lowest BCUT2D eigenvalue weighted by atomic mass is 10.1. The van der Waals surface area contributed by atoms with Crippen molar-refractivity contribution in [1.29, 1.82) is 0 Å². The van der Waals surface area contributed by atoms with Crippen LogP contribution >= 0.6 is 0 Å². The van der Waals surface area contributed by atoms with Crippen molar-refractivity contribution in [3.63, 3.8) is 0 Å². The summed E-state index contributed by atoms with van der Waals surface area (Å²) < 4.78 is 28.3. The third kappa shape index (κ3) is 3.89. The van der Waals surface area contributed by atoms with E-state index in [1.54, 1.807) is 18.2 Å². The molecule has 0 aliphatic rings. The highest BCUT2D eigenvalue weighted by atomic mass is 32.2. The molecule has 0 heterocycles. The molecule has 0 aromatic heterocycles. The molecule has 0 unspecified atom stereocenters. The number of nitrogens with one attached hydrogen (secondary N) is 1. The number of benzene rings is 1. The van der Waals surface area contributed by atoms with Gasteiger partial charge in [-0.1, -0.05) is 25.1 Å². The predicted molar refractivity (Wildman–Crippen MR) is 70.5 cm³/mol. The molecule has 0 spiro atoms. The van der Waals surface area contributed by atoms with Gasteiger partial charge in [0.15, 0.2) is 0 Å². The molecular weight excluding hydrogens is 237 g/mol. The standard InChI is InChI=1S/C13H20FNOS/c1-5-12(15-17(16)13(2,3)4)10-8-6-7-9-11(10)14/h6-9,12,15H,5H2,1-4H3/t12-,17-/m1/s1. The van der Waals surface area contributed by atoms with Gasteiger partial charge in [0.05, 0.1) is 15.7 Å². The highest BCUT2D eigenvalue weighted by molar-refractivity contribution is 7.84. The van der Waals surface area contributed by atoms with Gasteiger partial charge in [-0.25, -0.2) is 13.3 Å². The van der Waals surface area contributed by atoms with Gasteiger partial charge < -0.3 is 0 Å². The molecule has 17 heavy (non-hydrogen) atoms. The molecule has 1 N–H and O–H groups in total. The maximum atomic E-state index is 13.6. The number of halogens is 1. The first-order chi connectivity index (χ1) is 7.86. The minimum atomic E-state index is -1.19. The van der Waals surface area contributed by atoms with E-state index in [-0.39, 0.29) is 16.6 Å². The minimum absolute atomic E-state index is 0.212. The summed E-state index contributed by atoms with van der Waals surface area (Å²) in [7, 11) is -1.19. The zero-order valence-electron chi connectivity index (χ0n) is 10.8. The quantitative estimate of drug-likeness (QED) is 0.880. The van der Waals surface area contributed by atoms with E-state index in [0.717, 1.165) is 0 Å². The molecule has 1 aromatic carbocycles. The molecule has 0 aliphatic heterocycles. The molecule has 0 saturated heterocycles. The van der Waals surface area contributed by atoms with Gasteiger partial charge in [-0.15, -0.1) is 0 Å². The van der Waals surface area contributed by atoms with Crippen LogP contribution in [0, 0.1) is 5.82 Å². The summed E-state index contributed by atoms with van der Waals surface area (Å²) in [6.07, 6.45) is 0.697. The summed E-state index contributed by atoms with van der Waals surface area (Å²) in [6, 6.07) is 6.40. The molecule has 1 rings (SSSR count). The second-order valence-electron chi connectivity index (χ2n) is 4.98. The summed E-state index contributed by atoms with van der Waals surface area (Å²) in [5.74, 6) is -0.252. The van der Waals surface area contributed by atoms with Gasteiger partial charge in [-0.3, -0.25) is 0 Å². The molecule has 0 aliphatic carbocycles. The SMILES string of the molecule is CC[C@@H](N[S@](=O)C(C)(C)C)c1ccccc1F. The van der Waals surface area contributed by atoms with Gasteiger partial charge in [-0.2, -0.15) is 0 Å². The van der Waals surface area contributed by atoms with Crippen LogP contribution in [0.3, 0.4) is 0 Å². The maximum Gasteiger partial charge on any atom is 0.128 e. The predicted octanol–water partition coefficient (Wildman–Crippen LogP) is 3.33. The van der Waals surface area contributed by atoms with Crippen molar-refractivity contribution in [2.24, 2.45) is 0 Å². The molecule has 0 radical (unpaired) electrons.